The average Bonchev–Trinajstić information content (AvgIpc) is 2.50. The van der Waals surface area contributed by atoms with Crippen LogP contribution < -0.4 is 10.6 Å². The molecule has 0 amide bonds. The van der Waals surface area contributed by atoms with Gasteiger partial charge in [0, 0.05) is 53.0 Å². The lowest BCUT2D eigenvalue weighted by molar-refractivity contribution is -0.173. The number of guanidine groups is 1. The van der Waals surface area contributed by atoms with E-state index in [9.17, 15) is 13.2 Å². The molecule has 0 atom stereocenters. The van der Waals surface area contributed by atoms with Gasteiger partial charge in [0.1, 0.15) is 6.61 Å². The van der Waals surface area contributed by atoms with Crippen LogP contribution in [0.5, 0.6) is 0 Å². The van der Waals surface area contributed by atoms with Crippen molar-refractivity contribution in [3.05, 3.63) is 0 Å². The van der Waals surface area contributed by atoms with Crippen molar-refractivity contribution in [2.75, 3.05) is 66.7 Å². The molecule has 0 bridgehead atoms. The van der Waals surface area contributed by atoms with Crippen molar-refractivity contribution >= 4 is 29.9 Å². The van der Waals surface area contributed by atoms with Gasteiger partial charge < -0.3 is 25.0 Å². The second-order valence-corrected chi connectivity index (χ2v) is 5.36. The fourth-order valence-corrected chi connectivity index (χ4v) is 1.84. The smallest absolute Gasteiger partial charge is 0.385 e. The highest BCUT2D eigenvalue weighted by atomic mass is 127. The molecule has 0 aromatic heterocycles. The summed E-state index contributed by atoms with van der Waals surface area (Å²) in [5.41, 5.74) is 0. The second-order valence-electron chi connectivity index (χ2n) is 5.36. The van der Waals surface area contributed by atoms with E-state index in [4.69, 9.17) is 4.74 Å². The number of hydrogen-bond donors (Lipinski definition) is 2. The summed E-state index contributed by atoms with van der Waals surface area (Å²) in [6.45, 7) is 5.24. The number of methoxy groups -OCH3 is 1. The molecule has 0 radical (unpaired) electrons. The second kappa shape index (κ2) is 17.1. The first-order valence-electron chi connectivity index (χ1n) is 8.23. The van der Waals surface area contributed by atoms with Crippen LogP contribution in [0.1, 0.15) is 19.8 Å². The topological polar surface area (TPSA) is 58.1 Å². The molecule has 0 heterocycles. The molecule has 0 saturated heterocycles. The monoisotopic (exact) mass is 484 g/mol. The number of alkyl halides is 3. The van der Waals surface area contributed by atoms with Gasteiger partial charge in [-0.2, -0.15) is 13.2 Å². The number of aliphatic imine (C=N–C) groups is 1. The number of ether oxygens (including phenoxy) is 2. The molecule has 0 saturated carbocycles. The van der Waals surface area contributed by atoms with Gasteiger partial charge >= 0.3 is 6.18 Å². The number of likely N-dealkylation sites (N-methyl/N-ethyl adjacent to an activating group) is 1. The summed E-state index contributed by atoms with van der Waals surface area (Å²) >= 11 is 0. The Bertz CT molecular complexity index is 334. The number of hydrogen-bond acceptors (Lipinski definition) is 4. The van der Waals surface area contributed by atoms with Crippen molar-refractivity contribution in [1.82, 2.24) is 15.5 Å². The van der Waals surface area contributed by atoms with Crippen LogP contribution in [0, 0.1) is 0 Å². The van der Waals surface area contributed by atoms with Crippen molar-refractivity contribution in [3.63, 3.8) is 0 Å². The third-order valence-electron chi connectivity index (χ3n) is 3.00. The first-order valence-corrected chi connectivity index (χ1v) is 8.23. The van der Waals surface area contributed by atoms with Crippen molar-refractivity contribution < 1.29 is 22.6 Å². The molecule has 0 aliphatic rings. The van der Waals surface area contributed by atoms with Gasteiger partial charge in [0.25, 0.3) is 0 Å². The predicted molar refractivity (Wildman–Crippen MR) is 105 cm³/mol. The van der Waals surface area contributed by atoms with Crippen LogP contribution in [0.2, 0.25) is 0 Å². The molecule has 25 heavy (non-hydrogen) atoms. The Kier molecular flexibility index (Phi) is 18.4. The van der Waals surface area contributed by atoms with E-state index in [1.165, 1.54) is 0 Å². The van der Waals surface area contributed by atoms with Crippen LogP contribution in [0.15, 0.2) is 4.99 Å². The highest BCUT2D eigenvalue weighted by molar-refractivity contribution is 14.0. The molecule has 0 aliphatic heterocycles. The van der Waals surface area contributed by atoms with E-state index in [1.54, 1.807) is 7.11 Å². The van der Waals surface area contributed by atoms with Gasteiger partial charge in [0.05, 0.1) is 0 Å². The fourth-order valence-electron chi connectivity index (χ4n) is 1.84. The Morgan fingerprint density at radius 3 is 2.44 bits per heavy atom. The summed E-state index contributed by atoms with van der Waals surface area (Å²) in [6, 6.07) is 0. The van der Waals surface area contributed by atoms with Crippen molar-refractivity contribution in [2.45, 2.75) is 25.9 Å². The van der Waals surface area contributed by atoms with Gasteiger partial charge in [-0.05, 0) is 26.8 Å². The van der Waals surface area contributed by atoms with Gasteiger partial charge in [-0.1, -0.05) is 0 Å². The van der Waals surface area contributed by atoms with E-state index in [0.717, 1.165) is 39.2 Å². The van der Waals surface area contributed by atoms with E-state index < -0.39 is 12.8 Å². The Hall–Kier alpha value is -0.330. The first-order chi connectivity index (χ1) is 11.4. The molecule has 0 rings (SSSR count). The van der Waals surface area contributed by atoms with Crippen LogP contribution in [-0.4, -0.2) is 83.7 Å². The number of nitrogens with zero attached hydrogens (tertiary/aromatic N) is 2. The predicted octanol–water partition coefficient (Wildman–Crippen LogP) is 2.10. The average molecular weight is 484 g/mol. The molecule has 0 fully saturated rings. The van der Waals surface area contributed by atoms with E-state index in [0.29, 0.717) is 18.9 Å². The highest BCUT2D eigenvalue weighted by Gasteiger charge is 2.27. The van der Waals surface area contributed by atoms with E-state index in [1.807, 2.05) is 14.0 Å². The summed E-state index contributed by atoms with van der Waals surface area (Å²) in [5.74, 6) is 0.665. The van der Waals surface area contributed by atoms with Crippen LogP contribution >= 0.6 is 24.0 Å². The lowest BCUT2D eigenvalue weighted by atomic mass is 10.4. The summed E-state index contributed by atoms with van der Waals surface area (Å²) in [6.07, 6.45) is -2.84. The standard InChI is InChI=1S/C15H31F3N4O2.HI/c1-4-19-14(20-7-5-12-24-13-15(16,17)18)21-8-10-22(2)9-6-11-23-3;/h4-13H2,1-3H3,(H2,19,20,21);1H. The molecule has 0 aromatic carbocycles. The van der Waals surface area contributed by atoms with Crippen molar-refractivity contribution in [1.29, 1.82) is 0 Å². The lowest BCUT2D eigenvalue weighted by Crippen LogP contribution is -2.41. The normalized spacial score (nSPS) is 12.2. The molecule has 0 unspecified atom stereocenters. The molecular weight excluding hydrogens is 452 g/mol. The zero-order valence-corrected chi connectivity index (χ0v) is 17.7. The summed E-state index contributed by atoms with van der Waals surface area (Å²) in [5, 5.41) is 6.31. The minimum Gasteiger partial charge on any atom is -0.385 e. The van der Waals surface area contributed by atoms with Crippen LogP contribution in [0.3, 0.4) is 0 Å². The van der Waals surface area contributed by atoms with E-state index in [-0.39, 0.29) is 30.6 Å². The van der Waals surface area contributed by atoms with Crippen molar-refractivity contribution in [3.8, 4) is 0 Å². The molecular formula is C15H32F3IN4O2. The maximum absolute atomic E-state index is 11.9. The van der Waals surface area contributed by atoms with Crippen LogP contribution in [-0.2, 0) is 9.47 Å². The maximum atomic E-state index is 11.9. The number of rotatable bonds is 13. The minimum atomic E-state index is -4.27. The lowest BCUT2D eigenvalue weighted by Gasteiger charge is -2.18. The molecule has 6 nitrogen and oxygen atoms in total. The van der Waals surface area contributed by atoms with E-state index in [2.05, 4.69) is 25.3 Å². The highest BCUT2D eigenvalue weighted by Crippen LogP contribution is 2.14. The molecule has 2 N–H and O–H groups in total. The largest absolute Gasteiger partial charge is 0.411 e. The molecule has 10 heteroatoms. The summed E-state index contributed by atoms with van der Waals surface area (Å²) in [4.78, 5) is 6.51. The zero-order valence-electron chi connectivity index (χ0n) is 15.3. The fraction of sp³-hybridized carbons (Fsp3) is 0.933. The van der Waals surface area contributed by atoms with Crippen molar-refractivity contribution in [2.24, 2.45) is 4.99 Å². The van der Waals surface area contributed by atoms with E-state index >= 15 is 0 Å². The quantitative estimate of drug-likeness (QED) is 0.182. The Balaban J connectivity index is 0. The molecule has 152 valence electrons. The Morgan fingerprint density at radius 1 is 1.12 bits per heavy atom. The SMILES string of the molecule is CCNC(=NCCCOCC(F)(F)F)NCCN(C)CCCOC.I. The molecule has 0 aromatic rings. The van der Waals surface area contributed by atoms with Gasteiger partial charge in [-0.25, -0.2) is 0 Å². The Labute approximate surface area is 165 Å². The van der Waals surface area contributed by atoms with Gasteiger partial charge in [-0.3, -0.25) is 4.99 Å². The Morgan fingerprint density at radius 2 is 1.84 bits per heavy atom. The zero-order chi connectivity index (χ0) is 18.3. The van der Waals surface area contributed by atoms with Gasteiger partial charge in [0.2, 0.25) is 0 Å². The summed E-state index contributed by atoms with van der Waals surface area (Å²) in [7, 11) is 3.73. The maximum Gasteiger partial charge on any atom is 0.411 e. The summed E-state index contributed by atoms with van der Waals surface area (Å²) < 4.78 is 45.3. The van der Waals surface area contributed by atoms with Gasteiger partial charge in [-0.15, -0.1) is 24.0 Å². The molecule has 0 spiro atoms. The number of halogens is 4. The molecule has 0 aliphatic carbocycles. The first kappa shape index (κ1) is 26.9. The third kappa shape index (κ3) is 19.8. The number of nitrogens with one attached hydrogen (secondary N) is 2. The van der Waals surface area contributed by atoms with Crippen LogP contribution in [0.25, 0.3) is 0 Å². The van der Waals surface area contributed by atoms with Crippen LogP contribution in [0.4, 0.5) is 13.2 Å². The third-order valence-corrected chi connectivity index (χ3v) is 3.00. The van der Waals surface area contributed by atoms with Gasteiger partial charge in [0.15, 0.2) is 5.96 Å². The minimum absolute atomic E-state index is 0.